The van der Waals surface area contributed by atoms with Gasteiger partial charge in [-0.3, -0.25) is 9.59 Å². The molecule has 0 radical (unpaired) electrons. The van der Waals surface area contributed by atoms with Crippen molar-refractivity contribution in [3.8, 4) is 5.69 Å². The van der Waals surface area contributed by atoms with Crippen molar-refractivity contribution in [3.05, 3.63) is 47.5 Å². The maximum Gasteiger partial charge on any atom is 0.254 e. The summed E-state index contributed by atoms with van der Waals surface area (Å²) < 4.78 is 14.9. The number of nitrogens with zero attached hydrogens (tertiary/aromatic N) is 3. The Morgan fingerprint density at radius 3 is 2.43 bits per heavy atom. The molecule has 2 fully saturated rings. The number of hydrogen-bond acceptors (Lipinski definition) is 3. The van der Waals surface area contributed by atoms with Crippen molar-refractivity contribution in [1.82, 2.24) is 20.0 Å². The molecule has 1 aromatic heterocycles. The molecule has 1 aliphatic heterocycles. The van der Waals surface area contributed by atoms with Crippen molar-refractivity contribution >= 4 is 11.8 Å². The fourth-order valence-electron chi connectivity index (χ4n) is 3.80. The molecule has 0 unspecified atom stereocenters. The Labute approximate surface area is 163 Å². The van der Waals surface area contributed by atoms with Gasteiger partial charge in [0.25, 0.3) is 5.91 Å². The third-order valence-electron chi connectivity index (χ3n) is 5.59. The molecule has 2 heterocycles. The van der Waals surface area contributed by atoms with Crippen molar-refractivity contribution in [2.24, 2.45) is 5.92 Å². The molecule has 7 heteroatoms. The van der Waals surface area contributed by atoms with E-state index in [0.29, 0.717) is 25.1 Å². The van der Waals surface area contributed by atoms with Gasteiger partial charge in [-0.25, -0.2) is 9.07 Å². The molecule has 1 aliphatic carbocycles. The van der Waals surface area contributed by atoms with Gasteiger partial charge in [0.15, 0.2) is 0 Å². The Kier molecular flexibility index (Phi) is 5.15. The number of halogens is 1. The van der Waals surface area contributed by atoms with Crippen LogP contribution in [0.5, 0.6) is 0 Å². The summed E-state index contributed by atoms with van der Waals surface area (Å²) in [5, 5.41) is 7.44. The lowest BCUT2D eigenvalue weighted by molar-refractivity contribution is -0.133. The van der Waals surface area contributed by atoms with Crippen molar-refractivity contribution in [3.63, 3.8) is 0 Å². The summed E-state index contributed by atoms with van der Waals surface area (Å²) in [5.41, 5.74) is 2.07. The third kappa shape index (κ3) is 3.79. The number of hydrogen-bond donors (Lipinski definition) is 1. The van der Waals surface area contributed by atoms with E-state index < -0.39 is 0 Å². The molecule has 1 saturated heterocycles. The second kappa shape index (κ2) is 7.73. The van der Waals surface area contributed by atoms with Crippen LogP contribution in [0.1, 0.15) is 48.7 Å². The van der Waals surface area contributed by atoms with Gasteiger partial charge in [0, 0.05) is 25.0 Å². The van der Waals surface area contributed by atoms with Gasteiger partial charge in [0.2, 0.25) is 5.91 Å². The van der Waals surface area contributed by atoms with Crippen molar-refractivity contribution in [2.45, 2.75) is 45.1 Å². The molecular weight excluding hydrogens is 359 g/mol. The average molecular weight is 384 g/mol. The van der Waals surface area contributed by atoms with Crippen LogP contribution in [0, 0.1) is 11.7 Å². The molecule has 6 nitrogen and oxygen atoms in total. The van der Waals surface area contributed by atoms with Crippen molar-refractivity contribution in [2.75, 3.05) is 13.1 Å². The number of carbonyl (C=O) groups excluding carboxylic acids is 2. The van der Waals surface area contributed by atoms with Crippen LogP contribution in [-0.4, -0.2) is 45.6 Å². The van der Waals surface area contributed by atoms with Gasteiger partial charge in [-0.15, -0.1) is 0 Å². The Hall–Kier alpha value is -2.70. The normalized spacial score (nSPS) is 17.6. The van der Waals surface area contributed by atoms with E-state index in [1.165, 1.54) is 12.1 Å². The third-order valence-corrected chi connectivity index (χ3v) is 5.59. The quantitative estimate of drug-likeness (QED) is 0.862. The van der Waals surface area contributed by atoms with E-state index in [9.17, 15) is 14.0 Å². The molecule has 0 atom stereocenters. The number of nitrogens with one attached hydrogen (secondary N) is 1. The Morgan fingerprint density at radius 2 is 1.82 bits per heavy atom. The zero-order valence-electron chi connectivity index (χ0n) is 16.0. The SMILES string of the molecule is CCc1c(C(=O)NC2CCN(C(=O)C3CC3)CC2)cnn1-c1ccc(F)cc1. The molecule has 2 aromatic rings. The lowest BCUT2D eigenvalue weighted by atomic mass is 10.0. The van der Waals surface area contributed by atoms with Crippen LogP contribution in [0.15, 0.2) is 30.5 Å². The first kappa shape index (κ1) is 18.7. The summed E-state index contributed by atoms with van der Waals surface area (Å²) in [5.74, 6) is 0.0739. The van der Waals surface area contributed by atoms with E-state index in [0.717, 1.165) is 37.1 Å². The maximum atomic E-state index is 13.2. The zero-order valence-corrected chi connectivity index (χ0v) is 16.0. The first-order chi connectivity index (χ1) is 13.6. The predicted octanol–water partition coefficient (Wildman–Crippen LogP) is 2.70. The molecule has 2 aliphatic rings. The highest BCUT2D eigenvalue weighted by Crippen LogP contribution is 2.32. The monoisotopic (exact) mass is 384 g/mol. The highest BCUT2D eigenvalue weighted by atomic mass is 19.1. The number of amides is 2. The largest absolute Gasteiger partial charge is 0.349 e. The van der Waals surface area contributed by atoms with E-state index in [2.05, 4.69) is 10.4 Å². The molecule has 1 saturated carbocycles. The highest BCUT2D eigenvalue weighted by molar-refractivity contribution is 5.95. The van der Waals surface area contributed by atoms with Crippen LogP contribution in [0.25, 0.3) is 5.69 Å². The molecular formula is C21H25FN4O2. The van der Waals surface area contributed by atoms with E-state index in [1.807, 2.05) is 11.8 Å². The average Bonchev–Trinajstić information content (AvgIpc) is 3.47. The number of rotatable bonds is 5. The molecule has 28 heavy (non-hydrogen) atoms. The standard InChI is InChI=1S/C21H25FN4O2/c1-2-19-18(13-23-26(19)17-7-5-15(22)6-8-17)20(27)24-16-9-11-25(12-10-16)21(28)14-3-4-14/h5-8,13-14,16H,2-4,9-12H2,1H3,(H,24,27). The van der Waals surface area contributed by atoms with Gasteiger partial charge in [-0.05, 0) is 56.4 Å². The first-order valence-corrected chi connectivity index (χ1v) is 9.99. The minimum absolute atomic E-state index is 0.0645. The lowest BCUT2D eigenvalue weighted by Crippen LogP contribution is -2.47. The number of carbonyl (C=O) groups is 2. The highest BCUT2D eigenvalue weighted by Gasteiger charge is 2.35. The lowest BCUT2D eigenvalue weighted by Gasteiger charge is -2.32. The summed E-state index contributed by atoms with van der Waals surface area (Å²) in [6.45, 7) is 3.38. The van der Waals surface area contributed by atoms with Gasteiger partial charge in [-0.2, -0.15) is 5.10 Å². The molecule has 4 rings (SSSR count). The molecule has 2 amide bonds. The number of aromatic nitrogens is 2. The number of benzene rings is 1. The molecule has 1 aromatic carbocycles. The smallest absolute Gasteiger partial charge is 0.254 e. The summed E-state index contributed by atoms with van der Waals surface area (Å²) in [6.07, 6.45) is 5.80. The Bertz CT molecular complexity index is 865. The second-order valence-electron chi connectivity index (χ2n) is 7.59. The van der Waals surface area contributed by atoms with E-state index in [-0.39, 0.29) is 29.6 Å². The van der Waals surface area contributed by atoms with Crippen LogP contribution in [0.3, 0.4) is 0 Å². The predicted molar refractivity (Wildman–Crippen MR) is 103 cm³/mol. The maximum absolute atomic E-state index is 13.2. The van der Waals surface area contributed by atoms with Gasteiger partial charge in [0.05, 0.1) is 23.1 Å². The first-order valence-electron chi connectivity index (χ1n) is 9.99. The van der Waals surface area contributed by atoms with Crippen LogP contribution in [0.4, 0.5) is 4.39 Å². The Balaban J connectivity index is 1.41. The van der Waals surface area contributed by atoms with E-state index in [4.69, 9.17) is 0 Å². The summed E-state index contributed by atoms with van der Waals surface area (Å²) in [6, 6.07) is 6.13. The minimum atomic E-state index is -0.307. The number of likely N-dealkylation sites (tertiary alicyclic amines) is 1. The van der Waals surface area contributed by atoms with Gasteiger partial charge < -0.3 is 10.2 Å². The molecule has 0 spiro atoms. The minimum Gasteiger partial charge on any atom is -0.349 e. The number of piperidine rings is 1. The molecule has 0 bridgehead atoms. The molecule has 148 valence electrons. The summed E-state index contributed by atoms with van der Waals surface area (Å²) in [4.78, 5) is 26.9. The fraction of sp³-hybridized carbons (Fsp3) is 0.476. The van der Waals surface area contributed by atoms with Crippen LogP contribution >= 0.6 is 0 Å². The van der Waals surface area contributed by atoms with Crippen molar-refractivity contribution in [1.29, 1.82) is 0 Å². The van der Waals surface area contributed by atoms with E-state index >= 15 is 0 Å². The zero-order chi connectivity index (χ0) is 19.7. The van der Waals surface area contributed by atoms with Crippen LogP contribution in [-0.2, 0) is 11.2 Å². The summed E-state index contributed by atoms with van der Waals surface area (Å²) in [7, 11) is 0. The van der Waals surface area contributed by atoms with E-state index in [1.54, 1.807) is 23.0 Å². The van der Waals surface area contributed by atoms with Gasteiger partial charge >= 0.3 is 0 Å². The topological polar surface area (TPSA) is 67.2 Å². The van der Waals surface area contributed by atoms with Gasteiger partial charge in [0.1, 0.15) is 5.82 Å². The van der Waals surface area contributed by atoms with Crippen LogP contribution < -0.4 is 5.32 Å². The second-order valence-corrected chi connectivity index (χ2v) is 7.59. The van der Waals surface area contributed by atoms with Crippen molar-refractivity contribution < 1.29 is 14.0 Å². The summed E-state index contributed by atoms with van der Waals surface area (Å²) >= 11 is 0. The van der Waals surface area contributed by atoms with Crippen LogP contribution in [0.2, 0.25) is 0 Å². The Morgan fingerprint density at radius 1 is 1.14 bits per heavy atom. The molecule has 1 N–H and O–H groups in total. The van der Waals surface area contributed by atoms with Gasteiger partial charge in [-0.1, -0.05) is 6.92 Å². The fourth-order valence-corrected chi connectivity index (χ4v) is 3.80.